The Balaban J connectivity index is 1.25. The molecule has 2 atom stereocenters. The van der Waals surface area contributed by atoms with E-state index in [9.17, 15) is 9.59 Å². The second kappa shape index (κ2) is 9.89. The molecule has 4 N–H and O–H groups in total. The first-order valence-electron chi connectivity index (χ1n) is 10.6. The van der Waals surface area contributed by atoms with Crippen LogP contribution in [-0.4, -0.2) is 47.3 Å². The number of piperidine rings is 1. The van der Waals surface area contributed by atoms with Crippen molar-refractivity contribution in [2.24, 2.45) is 11.7 Å². The fourth-order valence-corrected chi connectivity index (χ4v) is 4.67. The molecular formula is C23H27N5O2S. The lowest BCUT2D eigenvalue weighted by atomic mass is 9.96. The number of hydrogen-bond acceptors (Lipinski definition) is 6. The molecule has 162 valence electrons. The quantitative estimate of drug-likeness (QED) is 0.494. The number of benzene rings is 2. The highest BCUT2D eigenvalue weighted by atomic mass is 32.1. The highest BCUT2D eigenvalue weighted by molar-refractivity contribution is 7.13. The van der Waals surface area contributed by atoms with E-state index < -0.39 is 6.04 Å². The van der Waals surface area contributed by atoms with Crippen molar-refractivity contribution in [1.82, 2.24) is 14.6 Å². The minimum Gasteiger partial charge on any atom is -0.367 e. The molecule has 0 aliphatic carbocycles. The standard InChI is InChI=1S/C23H27N5O2S/c24-20(16-7-2-1-3-8-16)23(30)28-14-6-9-17(15-28)22(29)26-13-12-25-21-18-10-4-5-11-19(18)31-27-21/h1-5,7-8,10-11,17,20H,6,9,12-15,24H2,(H,25,27)(H,26,29)/t17-,20?/m0/s1. The number of likely N-dealkylation sites (tertiary alicyclic amines) is 1. The maximum atomic E-state index is 12.8. The Labute approximate surface area is 185 Å². The van der Waals surface area contributed by atoms with Gasteiger partial charge < -0.3 is 21.3 Å². The third kappa shape index (κ3) is 5.03. The largest absolute Gasteiger partial charge is 0.367 e. The van der Waals surface area contributed by atoms with Crippen molar-refractivity contribution in [1.29, 1.82) is 0 Å². The van der Waals surface area contributed by atoms with Crippen molar-refractivity contribution in [3.63, 3.8) is 0 Å². The number of nitrogens with zero attached hydrogens (tertiary/aromatic N) is 2. The van der Waals surface area contributed by atoms with Crippen molar-refractivity contribution in [2.75, 3.05) is 31.5 Å². The van der Waals surface area contributed by atoms with Crippen LogP contribution >= 0.6 is 11.5 Å². The first-order chi connectivity index (χ1) is 15.1. The second-order valence-electron chi connectivity index (χ2n) is 7.76. The Hall–Kier alpha value is -2.97. The summed E-state index contributed by atoms with van der Waals surface area (Å²) in [6.07, 6.45) is 1.58. The van der Waals surface area contributed by atoms with Crippen molar-refractivity contribution in [3.05, 3.63) is 60.2 Å². The summed E-state index contributed by atoms with van der Waals surface area (Å²) in [6, 6.07) is 16.7. The van der Waals surface area contributed by atoms with Gasteiger partial charge in [-0.2, -0.15) is 4.37 Å². The van der Waals surface area contributed by atoms with Crippen LogP contribution in [0.1, 0.15) is 24.4 Å². The minimum atomic E-state index is -0.694. The van der Waals surface area contributed by atoms with Crippen LogP contribution in [0.25, 0.3) is 10.1 Å². The van der Waals surface area contributed by atoms with Gasteiger partial charge in [0.15, 0.2) is 0 Å². The summed E-state index contributed by atoms with van der Waals surface area (Å²) in [5, 5.41) is 7.37. The first-order valence-corrected chi connectivity index (χ1v) is 11.4. The molecule has 8 heteroatoms. The number of rotatable bonds is 7. The summed E-state index contributed by atoms with van der Waals surface area (Å²) in [7, 11) is 0. The summed E-state index contributed by atoms with van der Waals surface area (Å²) in [5.41, 5.74) is 6.96. The zero-order valence-electron chi connectivity index (χ0n) is 17.3. The van der Waals surface area contributed by atoms with E-state index >= 15 is 0 Å². The normalized spacial score (nSPS) is 17.3. The van der Waals surface area contributed by atoms with Gasteiger partial charge in [-0.1, -0.05) is 42.5 Å². The Morgan fingerprint density at radius 2 is 1.90 bits per heavy atom. The van der Waals surface area contributed by atoms with Gasteiger partial charge in [0.25, 0.3) is 0 Å². The number of fused-ring (bicyclic) bond motifs is 1. The van der Waals surface area contributed by atoms with Gasteiger partial charge in [-0.3, -0.25) is 9.59 Å². The molecule has 4 rings (SSSR count). The lowest BCUT2D eigenvalue weighted by molar-refractivity contribution is -0.137. The first kappa shape index (κ1) is 21.3. The fraction of sp³-hybridized carbons (Fsp3) is 0.348. The van der Waals surface area contributed by atoms with Gasteiger partial charge in [0.2, 0.25) is 11.8 Å². The summed E-state index contributed by atoms with van der Waals surface area (Å²) < 4.78 is 5.57. The number of nitrogens with one attached hydrogen (secondary N) is 2. The summed E-state index contributed by atoms with van der Waals surface area (Å²) in [5.74, 6) is 0.497. The molecule has 0 bridgehead atoms. The molecule has 1 fully saturated rings. The molecule has 0 saturated carbocycles. The van der Waals surface area contributed by atoms with E-state index in [0.717, 1.165) is 34.3 Å². The minimum absolute atomic E-state index is 0.0179. The van der Waals surface area contributed by atoms with E-state index in [1.165, 1.54) is 11.5 Å². The molecule has 1 aliphatic rings. The molecule has 1 aliphatic heterocycles. The Morgan fingerprint density at radius 1 is 1.13 bits per heavy atom. The maximum absolute atomic E-state index is 12.8. The summed E-state index contributed by atoms with van der Waals surface area (Å²) in [6.45, 7) is 2.14. The van der Waals surface area contributed by atoms with Crippen LogP contribution in [0.2, 0.25) is 0 Å². The molecule has 1 aromatic heterocycles. The molecular weight excluding hydrogens is 410 g/mol. The topological polar surface area (TPSA) is 100 Å². The van der Waals surface area contributed by atoms with Crippen molar-refractivity contribution in [3.8, 4) is 0 Å². The van der Waals surface area contributed by atoms with Crippen molar-refractivity contribution >= 4 is 39.3 Å². The highest BCUT2D eigenvalue weighted by Gasteiger charge is 2.30. The number of carbonyl (C=O) groups excluding carboxylic acids is 2. The van der Waals surface area contributed by atoms with Gasteiger partial charge in [-0.05, 0) is 42.1 Å². The Morgan fingerprint density at radius 3 is 2.74 bits per heavy atom. The molecule has 2 amide bonds. The van der Waals surface area contributed by atoms with Gasteiger partial charge in [0, 0.05) is 31.6 Å². The third-order valence-corrected chi connectivity index (χ3v) is 6.45. The van der Waals surface area contributed by atoms with Crippen LogP contribution in [0.4, 0.5) is 5.82 Å². The molecule has 0 radical (unpaired) electrons. The smallest absolute Gasteiger partial charge is 0.244 e. The summed E-state index contributed by atoms with van der Waals surface area (Å²) in [4.78, 5) is 27.2. The third-order valence-electron chi connectivity index (χ3n) is 5.62. The SMILES string of the molecule is NC(C(=O)N1CCC[C@H](C(=O)NCCNc2nsc3ccccc23)C1)c1ccccc1. The molecule has 1 saturated heterocycles. The Bertz CT molecular complexity index is 1040. The van der Waals surface area contributed by atoms with Crippen LogP contribution in [0.15, 0.2) is 54.6 Å². The molecule has 7 nitrogen and oxygen atoms in total. The van der Waals surface area contributed by atoms with E-state index in [1.54, 1.807) is 4.90 Å². The summed E-state index contributed by atoms with van der Waals surface area (Å²) >= 11 is 1.46. The van der Waals surface area contributed by atoms with Gasteiger partial charge in [0.1, 0.15) is 11.9 Å². The predicted molar refractivity (Wildman–Crippen MR) is 124 cm³/mol. The van der Waals surface area contributed by atoms with Gasteiger partial charge >= 0.3 is 0 Å². The number of aromatic nitrogens is 1. The predicted octanol–water partition coefficient (Wildman–Crippen LogP) is 2.76. The van der Waals surface area contributed by atoms with Crippen LogP contribution in [0, 0.1) is 5.92 Å². The number of amides is 2. The number of nitrogens with two attached hydrogens (primary N) is 1. The fourth-order valence-electron chi connectivity index (χ4n) is 3.92. The average molecular weight is 438 g/mol. The number of hydrogen-bond donors (Lipinski definition) is 3. The molecule has 2 heterocycles. The van der Waals surface area contributed by atoms with Gasteiger partial charge in [0.05, 0.1) is 10.6 Å². The van der Waals surface area contributed by atoms with Crippen LogP contribution < -0.4 is 16.4 Å². The van der Waals surface area contributed by atoms with E-state index in [1.807, 2.05) is 54.6 Å². The zero-order chi connectivity index (χ0) is 21.6. The van der Waals surface area contributed by atoms with Crippen molar-refractivity contribution in [2.45, 2.75) is 18.9 Å². The van der Waals surface area contributed by atoms with Crippen LogP contribution in [-0.2, 0) is 9.59 Å². The molecule has 2 aromatic carbocycles. The van der Waals surface area contributed by atoms with Gasteiger partial charge in [-0.25, -0.2) is 0 Å². The lowest BCUT2D eigenvalue weighted by Crippen LogP contribution is -2.48. The van der Waals surface area contributed by atoms with E-state index in [4.69, 9.17) is 5.73 Å². The number of carbonyl (C=O) groups is 2. The number of anilines is 1. The van der Waals surface area contributed by atoms with E-state index in [2.05, 4.69) is 15.0 Å². The molecule has 31 heavy (non-hydrogen) atoms. The van der Waals surface area contributed by atoms with E-state index in [0.29, 0.717) is 26.2 Å². The maximum Gasteiger partial charge on any atom is 0.244 e. The van der Waals surface area contributed by atoms with Crippen LogP contribution in [0.5, 0.6) is 0 Å². The van der Waals surface area contributed by atoms with Gasteiger partial charge in [-0.15, -0.1) is 0 Å². The zero-order valence-corrected chi connectivity index (χ0v) is 18.1. The van der Waals surface area contributed by atoms with Crippen molar-refractivity contribution < 1.29 is 9.59 Å². The molecule has 3 aromatic rings. The molecule has 0 spiro atoms. The monoisotopic (exact) mass is 437 g/mol. The lowest BCUT2D eigenvalue weighted by Gasteiger charge is -2.33. The molecule has 1 unspecified atom stereocenters. The second-order valence-corrected chi connectivity index (χ2v) is 8.56. The highest BCUT2D eigenvalue weighted by Crippen LogP contribution is 2.26. The van der Waals surface area contributed by atoms with E-state index in [-0.39, 0.29) is 17.7 Å². The average Bonchev–Trinajstić information content (AvgIpc) is 3.24. The Kier molecular flexibility index (Phi) is 6.79. The van der Waals surface area contributed by atoms with Crippen LogP contribution in [0.3, 0.4) is 0 Å².